The van der Waals surface area contributed by atoms with Gasteiger partial charge in [-0.2, -0.15) is 0 Å². The summed E-state index contributed by atoms with van der Waals surface area (Å²) < 4.78 is 22.1. The first kappa shape index (κ1) is 17.6. The van der Waals surface area contributed by atoms with Crippen LogP contribution < -0.4 is 5.32 Å². The molecule has 1 atom stereocenters. The molecule has 22 heavy (non-hydrogen) atoms. The van der Waals surface area contributed by atoms with Gasteiger partial charge in [-0.15, -0.1) is 0 Å². The van der Waals surface area contributed by atoms with Gasteiger partial charge in [-0.25, -0.2) is 9.18 Å². The molecule has 0 radical (unpaired) electrons. The molecule has 1 aromatic carbocycles. The average Bonchev–Trinajstić information content (AvgIpc) is 2.50. The number of hydrogen-bond acceptors (Lipinski definition) is 5. The molecule has 0 saturated carbocycles. The van der Waals surface area contributed by atoms with Gasteiger partial charge in [0.25, 0.3) is 0 Å². The Labute approximate surface area is 127 Å². The minimum Gasteiger partial charge on any atom is -0.469 e. The van der Waals surface area contributed by atoms with Crippen LogP contribution in [0.5, 0.6) is 0 Å². The Bertz CT molecular complexity index is 546. The summed E-state index contributed by atoms with van der Waals surface area (Å²) in [6, 6.07) is 4.65. The maximum Gasteiger partial charge on any atom is 0.328 e. The van der Waals surface area contributed by atoms with Crippen LogP contribution in [0.15, 0.2) is 24.3 Å². The Morgan fingerprint density at radius 2 is 1.95 bits per heavy atom. The fourth-order valence-corrected chi connectivity index (χ4v) is 1.83. The summed E-state index contributed by atoms with van der Waals surface area (Å²) in [6.07, 6.45) is -0.0474. The van der Waals surface area contributed by atoms with Crippen molar-refractivity contribution in [2.75, 3.05) is 14.2 Å². The van der Waals surface area contributed by atoms with Crippen molar-refractivity contribution < 1.29 is 28.2 Å². The maximum atomic E-state index is 13.1. The standard InChI is InChI=1S/C15H18FNO5/c1-21-14(19)7-6-12(15(20)22-2)17-13(18)9-10-4-3-5-11(16)8-10/h3-5,8,12H,6-7,9H2,1-2H3,(H,17,18)/t12-/m0/s1. The highest BCUT2D eigenvalue weighted by molar-refractivity contribution is 5.86. The van der Waals surface area contributed by atoms with E-state index in [0.29, 0.717) is 5.56 Å². The van der Waals surface area contributed by atoms with Gasteiger partial charge in [-0.3, -0.25) is 9.59 Å². The summed E-state index contributed by atoms with van der Waals surface area (Å²) in [5.41, 5.74) is 0.481. The molecule has 0 aliphatic heterocycles. The topological polar surface area (TPSA) is 81.7 Å². The molecule has 0 bridgehead atoms. The van der Waals surface area contributed by atoms with E-state index in [-0.39, 0.29) is 19.3 Å². The second-order valence-electron chi connectivity index (χ2n) is 4.56. The fraction of sp³-hybridized carbons (Fsp3) is 0.400. The largest absolute Gasteiger partial charge is 0.469 e. The lowest BCUT2D eigenvalue weighted by molar-refractivity contribution is -0.146. The molecule has 1 amide bonds. The number of ether oxygens (including phenoxy) is 2. The highest BCUT2D eigenvalue weighted by Gasteiger charge is 2.22. The number of esters is 2. The number of methoxy groups -OCH3 is 2. The number of carbonyl (C=O) groups excluding carboxylic acids is 3. The maximum absolute atomic E-state index is 13.1. The fourth-order valence-electron chi connectivity index (χ4n) is 1.83. The Hall–Kier alpha value is -2.44. The molecule has 1 N–H and O–H groups in total. The Kier molecular flexibility index (Phi) is 7.01. The third-order valence-corrected chi connectivity index (χ3v) is 2.94. The first-order valence-electron chi connectivity index (χ1n) is 6.64. The van der Waals surface area contributed by atoms with E-state index in [4.69, 9.17) is 0 Å². The second kappa shape index (κ2) is 8.76. The van der Waals surface area contributed by atoms with Crippen LogP contribution in [0.2, 0.25) is 0 Å². The molecule has 0 spiro atoms. The molecule has 7 heteroatoms. The number of amides is 1. The van der Waals surface area contributed by atoms with Crippen LogP contribution in [0.3, 0.4) is 0 Å². The van der Waals surface area contributed by atoms with Crippen molar-refractivity contribution in [3.05, 3.63) is 35.6 Å². The zero-order chi connectivity index (χ0) is 16.5. The van der Waals surface area contributed by atoms with Gasteiger partial charge in [0.05, 0.1) is 20.6 Å². The van der Waals surface area contributed by atoms with Crippen molar-refractivity contribution >= 4 is 17.8 Å². The highest BCUT2D eigenvalue weighted by atomic mass is 19.1. The summed E-state index contributed by atoms with van der Waals surface area (Å²) in [4.78, 5) is 34.6. The molecule has 0 heterocycles. The molecule has 120 valence electrons. The lowest BCUT2D eigenvalue weighted by Gasteiger charge is -2.16. The van der Waals surface area contributed by atoms with Gasteiger partial charge in [-0.05, 0) is 24.1 Å². The van der Waals surface area contributed by atoms with Crippen molar-refractivity contribution in [1.82, 2.24) is 5.32 Å². The zero-order valence-corrected chi connectivity index (χ0v) is 12.4. The van der Waals surface area contributed by atoms with Crippen LogP contribution in [-0.2, 0) is 30.3 Å². The second-order valence-corrected chi connectivity index (χ2v) is 4.56. The lowest BCUT2D eigenvalue weighted by atomic mass is 10.1. The number of carbonyl (C=O) groups is 3. The van der Waals surface area contributed by atoms with E-state index in [1.807, 2.05) is 0 Å². The molecule has 0 aliphatic carbocycles. The van der Waals surface area contributed by atoms with Crippen molar-refractivity contribution in [3.8, 4) is 0 Å². The van der Waals surface area contributed by atoms with Crippen molar-refractivity contribution in [1.29, 1.82) is 0 Å². The molecule has 6 nitrogen and oxygen atoms in total. The van der Waals surface area contributed by atoms with Gasteiger partial charge < -0.3 is 14.8 Å². The van der Waals surface area contributed by atoms with E-state index >= 15 is 0 Å². The average molecular weight is 311 g/mol. The lowest BCUT2D eigenvalue weighted by Crippen LogP contribution is -2.42. The van der Waals surface area contributed by atoms with E-state index in [9.17, 15) is 18.8 Å². The first-order chi connectivity index (χ1) is 10.5. The van der Waals surface area contributed by atoms with Gasteiger partial charge >= 0.3 is 11.9 Å². The van der Waals surface area contributed by atoms with Crippen LogP contribution in [0.1, 0.15) is 18.4 Å². The predicted molar refractivity (Wildman–Crippen MR) is 75.3 cm³/mol. The van der Waals surface area contributed by atoms with Gasteiger partial charge in [0.2, 0.25) is 5.91 Å². The quantitative estimate of drug-likeness (QED) is 0.759. The summed E-state index contributed by atoms with van der Waals surface area (Å²) in [7, 11) is 2.42. The number of halogens is 1. The van der Waals surface area contributed by atoms with Crippen LogP contribution in [-0.4, -0.2) is 38.1 Å². The van der Waals surface area contributed by atoms with Gasteiger partial charge in [0, 0.05) is 6.42 Å². The minimum absolute atomic E-state index is 0.0312. The Balaban J connectivity index is 2.62. The molecule has 0 aromatic heterocycles. The number of hydrogen-bond donors (Lipinski definition) is 1. The summed E-state index contributed by atoms with van der Waals surface area (Å²) >= 11 is 0. The normalized spacial score (nSPS) is 11.4. The van der Waals surface area contributed by atoms with Crippen molar-refractivity contribution in [2.45, 2.75) is 25.3 Å². The monoisotopic (exact) mass is 311 g/mol. The summed E-state index contributed by atoms with van der Waals surface area (Å²) in [5.74, 6) is -2.06. The number of benzene rings is 1. The number of nitrogens with one attached hydrogen (secondary N) is 1. The molecule has 0 fully saturated rings. The molecule has 1 rings (SSSR count). The van der Waals surface area contributed by atoms with Crippen LogP contribution in [0.4, 0.5) is 4.39 Å². The smallest absolute Gasteiger partial charge is 0.328 e. The van der Waals surface area contributed by atoms with Gasteiger partial charge in [0.1, 0.15) is 11.9 Å². The van der Waals surface area contributed by atoms with E-state index in [2.05, 4.69) is 14.8 Å². The molecular formula is C15H18FNO5. The van der Waals surface area contributed by atoms with Crippen LogP contribution >= 0.6 is 0 Å². The SMILES string of the molecule is COC(=O)CC[C@H](NC(=O)Cc1cccc(F)c1)C(=O)OC. The third kappa shape index (κ3) is 5.90. The third-order valence-electron chi connectivity index (χ3n) is 2.94. The van der Waals surface area contributed by atoms with Crippen LogP contribution in [0.25, 0.3) is 0 Å². The molecule has 0 saturated heterocycles. The van der Waals surface area contributed by atoms with Gasteiger partial charge in [-0.1, -0.05) is 12.1 Å². The molecule has 0 aliphatic rings. The zero-order valence-electron chi connectivity index (χ0n) is 12.4. The molecule has 0 unspecified atom stereocenters. The first-order valence-corrected chi connectivity index (χ1v) is 6.64. The van der Waals surface area contributed by atoms with Crippen molar-refractivity contribution in [3.63, 3.8) is 0 Å². The van der Waals surface area contributed by atoms with Crippen molar-refractivity contribution in [2.24, 2.45) is 0 Å². The summed E-state index contributed by atoms with van der Waals surface area (Å²) in [6.45, 7) is 0. The minimum atomic E-state index is -0.954. The van der Waals surface area contributed by atoms with E-state index in [0.717, 1.165) is 0 Å². The van der Waals surface area contributed by atoms with E-state index < -0.39 is 29.7 Å². The Morgan fingerprint density at radius 3 is 2.55 bits per heavy atom. The van der Waals surface area contributed by atoms with Crippen LogP contribution in [0, 0.1) is 5.82 Å². The van der Waals surface area contributed by atoms with E-state index in [1.54, 1.807) is 6.07 Å². The predicted octanol–water partition coefficient (Wildman–Crippen LogP) is 0.979. The highest BCUT2D eigenvalue weighted by Crippen LogP contribution is 2.06. The Morgan fingerprint density at radius 1 is 1.23 bits per heavy atom. The molecule has 1 aromatic rings. The molecular weight excluding hydrogens is 293 g/mol. The van der Waals surface area contributed by atoms with Gasteiger partial charge in [0.15, 0.2) is 0 Å². The summed E-state index contributed by atoms with van der Waals surface area (Å²) in [5, 5.41) is 2.47. The van der Waals surface area contributed by atoms with E-state index in [1.165, 1.54) is 32.4 Å². The number of rotatable bonds is 7.